The lowest BCUT2D eigenvalue weighted by molar-refractivity contribution is -0.136. The molecule has 176 valence electrons. The van der Waals surface area contributed by atoms with Crippen LogP contribution in [0.1, 0.15) is 42.5 Å². The Morgan fingerprint density at radius 2 is 1.61 bits per heavy atom. The van der Waals surface area contributed by atoms with Crippen LogP contribution in [0.3, 0.4) is 0 Å². The molecule has 1 aromatic heterocycles. The molecule has 7 nitrogen and oxygen atoms in total. The van der Waals surface area contributed by atoms with Crippen molar-refractivity contribution in [2.75, 3.05) is 0 Å². The molecular formula is C25H29NO6S. The van der Waals surface area contributed by atoms with E-state index in [9.17, 15) is 18.0 Å². The Morgan fingerprint density at radius 3 is 2.21 bits per heavy atom. The average molecular weight is 472 g/mol. The van der Waals surface area contributed by atoms with E-state index in [4.69, 9.17) is 9.15 Å². The van der Waals surface area contributed by atoms with Gasteiger partial charge in [0.2, 0.25) is 10.0 Å². The molecule has 3 rings (SSSR count). The molecule has 3 aromatic rings. The van der Waals surface area contributed by atoms with Crippen molar-refractivity contribution in [1.29, 1.82) is 0 Å². The number of esters is 1. The summed E-state index contributed by atoms with van der Waals surface area (Å²) >= 11 is 0. The third kappa shape index (κ3) is 5.34. The minimum absolute atomic E-state index is 0.0321. The number of benzene rings is 2. The van der Waals surface area contributed by atoms with Crippen LogP contribution in [0, 0.1) is 33.6 Å². The van der Waals surface area contributed by atoms with Gasteiger partial charge in [0, 0.05) is 16.5 Å². The Kier molecular flexibility index (Phi) is 7.09. The minimum Gasteiger partial charge on any atom is -0.425 e. The highest BCUT2D eigenvalue weighted by atomic mass is 32.2. The molecule has 1 atom stereocenters. The molecule has 0 spiro atoms. The summed E-state index contributed by atoms with van der Waals surface area (Å²) in [5, 5.41) is 0.753. The van der Waals surface area contributed by atoms with Crippen molar-refractivity contribution in [3.63, 3.8) is 0 Å². The molecule has 0 aliphatic heterocycles. The molecule has 0 amide bonds. The van der Waals surface area contributed by atoms with Crippen LogP contribution in [0.4, 0.5) is 0 Å². The summed E-state index contributed by atoms with van der Waals surface area (Å²) in [6.07, 6.45) is 0.254. The van der Waals surface area contributed by atoms with Crippen molar-refractivity contribution in [2.45, 2.75) is 58.9 Å². The normalized spacial score (nSPS) is 12.8. The molecule has 0 bridgehead atoms. The van der Waals surface area contributed by atoms with E-state index in [0.717, 1.165) is 16.5 Å². The molecule has 0 saturated heterocycles. The predicted molar refractivity (Wildman–Crippen MR) is 127 cm³/mol. The maximum Gasteiger partial charge on any atom is 0.339 e. The van der Waals surface area contributed by atoms with Gasteiger partial charge in [0.15, 0.2) is 0 Å². The van der Waals surface area contributed by atoms with Gasteiger partial charge in [-0.1, -0.05) is 31.5 Å². The summed E-state index contributed by atoms with van der Waals surface area (Å²) in [6, 6.07) is 8.65. The summed E-state index contributed by atoms with van der Waals surface area (Å²) in [7, 11) is -3.93. The summed E-state index contributed by atoms with van der Waals surface area (Å²) in [4.78, 5) is 25.2. The first-order valence-corrected chi connectivity index (χ1v) is 12.2. The molecule has 0 fully saturated rings. The Hall–Kier alpha value is -2.97. The van der Waals surface area contributed by atoms with E-state index in [0.29, 0.717) is 16.7 Å². The van der Waals surface area contributed by atoms with Gasteiger partial charge in [-0.2, -0.15) is 4.72 Å². The molecule has 2 aromatic carbocycles. The fourth-order valence-corrected chi connectivity index (χ4v) is 4.75. The second kappa shape index (κ2) is 9.49. The van der Waals surface area contributed by atoms with Crippen LogP contribution in [0.15, 0.2) is 50.5 Å². The first-order valence-electron chi connectivity index (χ1n) is 10.7. The van der Waals surface area contributed by atoms with Gasteiger partial charge in [-0.05, 0) is 69.9 Å². The van der Waals surface area contributed by atoms with Gasteiger partial charge in [0.05, 0.1) is 4.90 Å². The third-order valence-corrected chi connectivity index (χ3v) is 7.14. The van der Waals surface area contributed by atoms with E-state index in [-0.39, 0.29) is 23.0 Å². The van der Waals surface area contributed by atoms with Crippen LogP contribution in [0.25, 0.3) is 11.0 Å². The van der Waals surface area contributed by atoms with Crippen LogP contribution < -0.4 is 15.1 Å². The van der Waals surface area contributed by atoms with Gasteiger partial charge in [-0.15, -0.1) is 0 Å². The molecule has 33 heavy (non-hydrogen) atoms. The number of ether oxygens (including phenoxy) is 1. The number of rotatable bonds is 7. The van der Waals surface area contributed by atoms with Crippen molar-refractivity contribution >= 4 is 27.0 Å². The van der Waals surface area contributed by atoms with E-state index >= 15 is 0 Å². The molecule has 0 aliphatic rings. The summed E-state index contributed by atoms with van der Waals surface area (Å²) < 4.78 is 39.3. The molecular weight excluding hydrogens is 442 g/mol. The van der Waals surface area contributed by atoms with Crippen LogP contribution in [-0.4, -0.2) is 20.4 Å². The highest BCUT2D eigenvalue weighted by molar-refractivity contribution is 7.89. The predicted octanol–water partition coefficient (Wildman–Crippen LogP) is 4.33. The van der Waals surface area contributed by atoms with Gasteiger partial charge < -0.3 is 9.15 Å². The van der Waals surface area contributed by atoms with Gasteiger partial charge in [-0.25, -0.2) is 18.0 Å². The average Bonchev–Trinajstić information content (AvgIpc) is 2.74. The van der Waals surface area contributed by atoms with Crippen molar-refractivity contribution in [1.82, 2.24) is 4.72 Å². The monoisotopic (exact) mass is 471 g/mol. The maximum atomic E-state index is 13.0. The van der Waals surface area contributed by atoms with E-state index in [1.165, 1.54) is 12.1 Å². The topological polar surface area (TPSA) is 103 Å². The fourth-order valence-electron chi connectivity index (χ4n) is 3.55. The van der Waals surface area contributed by atoms with Crippen LogP contribution in [0.5, 0.6) is 5.75 Å². The van der Waals surface area contributed by atoms with Crippen molar-refractivity contribution < 1.29 is 22.4 Å². The van der Waals surface area contributed by atoms with E-state index in [2.05, 4.69) is 4.72 Å². The van der Waals surface area contributed by atoms with Crippen LogP contribution >= 0.6 is 0 Å². The molecule has 1 heterocycles. The largest absolute Gasteiger partial charge is 0.425 e. The number of carbonyl (C=O) groups excluding carboxylic acids is 1. The SMILES string of the molecule is Cc1ccc(S(=O)(=O)NC(CC(C)C)C(=O)Oc2ccc3c(C)c(C)c(=O)oc3c2C)cc1. The Balaban J connectivity index is 1.92. The smallest absolute Gasteiger partial charge is 0.339 e. The van der Waals surface area contributed by atoms with Crippen molar-refractivity contribution in [3.05, 3.63) is 69.1 Å². The van der Waals surface area contributed by atoms with Gasteiger partial charge in [0.1, 0.15) is 17.4 Å². The Labute approximate surface area is 193 Å². The zero-order valence-corrected chi connectivity index (χ0v) is 20.5. The number of aryl methyl sites for hydroxylation is 3. The number of hydrogen-bond donors (Lipinski definition) is 1. The fraction of sp³-hybridized carbons (Fsp3) is 0.360. The molecule has 1 N–H and O–H groups in total. The second-order valence-corrected chi connectivity index (χ2v) is 10.5. The zero-order chi connectivity index (χ0) is 24.5. The standard InChI is InChI=1S/C25H29NO6S/c1-14(2)13-21(26-33(29,30)19-9-7-15(3)8-10-19)25(28)31-22-12-11-20-16(4)17(5)24(27)32-23(20)18(22)6/h7-12,14,21,26H,13H2,1-6H3. The highest BCUT2D eigenvalue weighted by Crippen LogP contribution is 2.29. The summed E-state index contributed by atoms with van der Waals surface area (Å²) in [6.45, 7) is 10.9. The lowest BCUT2D eigenvalue weighted by Gasteiger charge is -2.20. The highest BCUT2D eigenvalue weighted by Gasteiger charge is 2.29. The number of nitrogens with one attached hydrogen (secondary N) is 1. The molecule has 0 aliphatic carbocycles. The van der Waals surface area contributed by atoms with Crippen molar-refractivity contribution in [3.8, 4) is 5.75 Å². The lowest BCUT2D eigenvalue weighted by Crippen LogP contribution is -2.43. The molecule has 8 heteroatoms. The first kappa shape index (κ1) is 24.7. The number of fused-ring (bicyclic) bond motifs is 1. The molecule has 0 radical (unpaired) electrons. The third-order valence-electron chi connectivity index (χ3n) is 5.65. The zero-order valence-electron chi connectivity index (χ0n) is 19.7. The van der Waals surface area contributed by atoms with E-state index in [1.54, 1.807) is 38.1 Å². The van der Waals surface area contributed by atoms with Gasteiger partial charge in [0.25, 0.3) is 0 Å². The maximum absolute atomic E-state index is 13.0. The first-order chi connectivity index (χ1) is 15.4. The quantitative estimate of drug-likeness (QED) is 0.313. The summed E-state index contributed by atoms with van der Waals surface area (Å²) in [5.41, 5.74) is 2.63. The molecule has 1 unspecified atom stereocenters. The van der Waals surface area contributed by atoms with E-state index in [1.807, 2.05) is 27.7 Å². The Morgan fingerprint density at radius 1 is 0.970 bits per heavy atom. The summed E-state index contributed by atoms with van der Waals surface area (Å²) in [5.74, 6) is -0.486. The number of sulfonamides is 1. The van der Waals surface area contributed by atoms with Crippen LogP contribution in [-0.2, 0) is 14.8 Å². The van der Waals surface area contributed by atoms with Gasteiger partial charge in [-0.3, -0.25) is 0 Å². The molecule has 0 saturated carbocycles. The minimum atomic E-state index is -3.93. The lowest BCUT2D eigenvalue weighted by atomic mass is 10.0. The van der Waals surface area contributed by atoms with Crippen LogP contribution in [0.2, 0.25) is 0 Å². The number of hydrogen-bond acceptors (Lipinski definition) is 6. The Bertz CT molecular complexity index is 1350. The van der Waals surface area contributed by atoms with E-state index < -0.39 is 27.7 Å². The second-order valence-electron chi connectivity index (χ2n) is 8.74. The number of carbonyl (C=O) groups is 1. The van der Waals surface area contributed by atoms with Gasteiger partial charge >= 0.3 is 11.6 Å². The van der Waals surface area contributed by atoms with Crippen molar-refractivity contribution in [2.24, 2.45) is 5.92 Å².